The molecular formula is C22H20N2O3. The third-order valence-corrected chi connectivity index (χ3v) is 3.97. The largest absolute Gasteiger partial charge is 0.459 e. The Hall–Kier alpha value is -3.60. The molecule has 2 aromatic carbocycles. The molecule has 1 heterocycles. The van der Waals surface area contributed by atoms with Crippen LogP contribution in [0.4, 0.5) is 11.4 Å². The Morgan fingerprint density at radius 1 is 0.926 bits per heavy atom. The smallest absolute Gasteiger partial charge is 0.291 e. The number of benzene rings is 2. The normalized spacial score (nSPS) is 10.7. The second kappa shape index (κ2) is 8.19. The van der Waals surface area contributed by atoms with Crippen LogP contribution in [0.1, 0.15) is 27.2 Å². The molecule has 0 aliphatic rings. The van der Waals surface area contributed by atoms with E-state index < -0.39 is 0 Å². The second-order valence-electron chi connectivity index (χ2n) is 6.19. The minimum absolute atomic E-state index is 0.223. The van der Waals surface area contributed by atoms with Gasteiger partial charge in [-0.05, 0) is 61.4 Å². The van der Waals surface area contributed by atoms with Gasteiger partial charge >= 0.3 is 0 Å². The molecule has 3 aromatic rings. The van der Waals surface area contributed by atoms with E-state index in [0.717, 1.165) is 11.1 Å². The standard InChI is InChI=1S/C22H20N2O3/c1-15-8-9-17(16(2)13-15)10-11-21(25)23-18-5-3-6-19(14-18)24-22(26)20-7-4-12-27-20/h3-14H,1-2H3,(H,23,25)(H,24,26)/b11-10+. The van der Waals surface area contributed by atoms with E-state index in [1.54, 1.807) is 42.5 Å². The number of furan rings is 1. The fourth-order valence-corrected chi connectivity index (χ4v) is 2.64. The molecule has 27 heavy (non-hydrogen) atoms. The number of carbonyl (C=O) groups is 2. The Labute approximate surface area is 157 Å². The molecular weight excluding hydrogens is 340 g/mol. The lowest BCUT2D eigenvalue weighted by atomic mass is 10.1. The maximum atomic E-state index is 12.2. The molecule has 5 nitrogen and oxygen atoms in total. The molecule has 1 aromatic heterocycles. The van der Waals surface area contributed by atoms with Crippen molar-refractivity contribution in [3.8, 4) is 0 Å². The number of anilines is 2. The molecule has 0 atom stereocenters. The van der Waals surface area contributed by atoms with Crippen LogP contribution in [-0.2, 0) is 4.79 Å². The van der Waals surface area contributed by atoms with Crippen LogP contribution in [0.5, 0.6) is 0 Å². The zero-order valence-electron chi connectivity index (χ0n) is 15.2. The molecule has 2 amide bonds. The molecule has 2 N–H and O–H groups in total. The average Bonchev–Trinajstić information content (AvgIpc) is 3.16. The topological polar surface area (TPSA) is 71.3 Å². The number of nitrogens with one attached hydrogen (secondary N) is 2. The lowest BCUT2D eigenvalue weighted by Gasteiger charge is -2.07. The molecule has 0 spiro atoms. The highest BCUT2D eigenvalue weighted by Crippen LogP contribution is 2.17. The van der Waals surface area contributed by atoms with E-state index in [2.05, 4.69) is 16.7 Å². The van der Waals surface area contributed by atoms with Crippen molar-refractivity contribution in [2.45, 2.75) is 13.8 Å². The molecule has 0 aliphatic carbocycles. The van der Waals surface area contributed by atoms with Crippen molar-refractivity contribution in [1.82, 2.24) is 0 Å². The van der Waals surface area contributed by atoms with Gasteiger partial charge in [-0.1, -0.05) is 29.8 Å². The molecule has 136 valence electrons. The van der Waals surface area contributed by atoms with Crippen molar-refractivity contribution in [2.24, 2.45) is 0 Å². The first kappa shape index (κ1) is 18.2. The predicted molar refractivity (Wildman–Crippen MR) is 107 cm³/mol. The summed E-state index contributed by atoms with van der Waals surface area (Å²) in [5, 5.41) is 5.52. The van der Waals surface area contributed by atoms with Gasteiger partial charge in [0.05, 0.1) is 6.26 Å². The third kappa shape index (κ3) is 4.95. The minimum atomic E-state index is -0.349. The minimum Gasteiger partial charge on any atom is -0.459 e. The monoisotopic (exact) mass is 360 g/mol. The summed E-state index contributed by atoms with van der Waals surface area (Å²) in [5.41, 5.74) is 4.44. The number of aryl methyl sites for hydroxylation is 2. The van der Waals surface area contributed by atoms with Crippen LogP contribution in [0.2, 0.25) is 0 Å². The number of rotatable bonds is 5. The molecule has 0 aliphatic heterocycles. The van der Waals surface area contributed by atoms with Gasteiger partial charge < -0.3 is 15.1 Å². The molecule has 0 radical (unpaired) electrons. The number of hydrogen-bond acceptors (Lipinski definition) is 3. The predicted octanol–water partition coefficient (Wildman–Crippen LogP) is 4.80. The van der Waals surface area contributed by atoms with E-state index in [-0.39, 0.29) is 17.6 Å². The fourth-order valence-electron chi connectivity index (χ4n) is 2.64. The van der Waals surface area contributed by atoms with Gasteiger partial charge in [-0.3, -0.25) is 9.59 Å². The molecule has 0 saturated carbocycles. The van der Waals surface area contributed by atoms with Crippen LogP contribution in [0.15, 0.2) is 71.4 Å². The van der Waals surface area contributed by atoms with Gasteiger partial charge in [-0.25, -0.2) is 0 Å². The van der Waals surface area contributed by atoms with E-state index in [4.69, 9.17) is 4.42 Å². The zero-order chi connectivity index (χ0) is 19.2. The molecule has 5 heteroatoms. The van der Waals surface area contributed by atoms with Crippen molar-refractivity contribution in [1.29, 1.82) is 0 Å². The molecule has 0 bridgehead atoms. The van der Waals surface area contributed by atoms with Crippen LogP contribution in [0, 0.1) is 13.8 Å². The zero-order valence-corrected chi connectivity index (χ0v) is 15.2. The summed E-state index contributed by atoms with van der Waals surface area (Å²) in [5.74, 6) is -0.372. The molecule has 0 fully saturated rings. The van der Waals surface area contributed by atoms with Crippen molar-refractivity contribution >= 4 is 29.3 Å². The Kier molecular flexibility index (Phi) is 5.52. The van der Waals surface area contributed by atoms with Crippen LogP contribution < -0.4 is 10.6 Å². The lowest BCUT2D eigenvalue weighted by molar-refractivity contribution is -0.111. The Balaban J connectivity index is 1.64. The highest BCUT2D eigenvalue weighted by Gasteiger charge is 2.09. The van der Waals surface area contributed by atoms with Gasteiger partial charge in [0.2, 0.25) is 5.91 Å². The first-order valence-electron chi connectivity index (χ1n) is 8.52. The van der Waals surface area contributed by atoms with Crippen LogP contribution in [-0.4, -0.2) is 11.8 Å². The van der Waals surface area contributed by atoms with E-state index in [1.165, 1.54) is 17.9 Å². The first-order chi connectivity index (χ1) is 13.0. The Morgan fingerprint density at radius 3 is 2.41 bits per heavy atom. The van der Waals surface area contributed by atoms with E-state index in [0.29, 0.717) is 11.4 Å². The second-order valence-corrected chi connectivity index (χ2v) is 6.19. The summed E-state index contributed by atoms with van der Waals surface area (Å²) < 4.78 is 5.06. The quantitative estimate of drug-likeness (QED) is 0.642. The Morgan fingerprint density at radius 2 is 1.70 bits per heavy atom. The Bertz CT molecular complexity index is 989. The lowest BCUT2D eigenvalue weighted by Crippen LogP contribution is -2.12. The maximum absolute atomic E-state index is 12.2. The van der Waals surface area contributed by atoms with E-state index in [9.17, 15) is 9.59 Å². The van der Waals surface area contributed by atoms with Gasteiger partial charge in [-0.15, -0.1) is 0 Å². The van der Waals surface area contributed by atoms with Crippen LogP contribution in [0.3, 0.4) is 0 Å². The van der Waals surface area contributed by atoms with Gasteiger partial charge in [-0.2, -0.15) is 0 Å². The average molecular weight is 360 g/mol. The van der Waals surface area contributed by atoms with Crippen molar-refractivity contribution in [2.75, 3.05) is 10.6 Å². The van der Waals surface area contributed by atoms with Gasteiger partial charge in [0.25, 0.3) is 5.91 Å². The SMILES string of the molecule is Cc1ccc(/C=C/C(=O)Nc2cccc(NC(=O)c3ccco3)c2)c(C)c1. The maximum Gasteiger partial charge on any atom is 0.291 e. The summed E-state index contributed by atoms with van der Waals surface area (Å²) in [4.78, 5) is 24.2. The highest BCUT2D eigenvalue weighted by molar-refractivity contribution is 6.04. The van der Waals surface area contributed by atoms with E-state index >= 15 is 0 Å². The molecule has 0 saturated heterocycles. The van der Waals surface area contributed by atoms with Crippen LogP contribution in [0.25, 0.3) is 6.08 Å². The molecule has 3 rings (SSSR count). The summed E-state index contributed by atoms with van der Waals surface area (Å²) in [7, 11) is 0. The fraction of sp³-hybridized carbons (Fsp3) is 0.0909. The number of carbonyl (C=O) groups excluding carboxylic acids is 2. The third-order valence-electron chi connectivity index (χ3n) is 3.97. The number of amides is 2. The summed E-state index contributed by atoms with van der Waals surface area (Å²) >= 11 is 0. The number of hydrogen-bond donors (Lipinski definition) is 2. The van der Waals surface area contributed by atoms with Gasteiger partial charge in [0, 0.05) is 17.5 Å². The highest BCUT2D eigenvalue weighted by atomic mass is 16.3. The van der Waals surface area contributed by atoms with Gasteiger partial charge in [0.15, 0.2) is 5.76 Å². The van der Waals surface area contributed by atoms with Crippen molar-refractivity contribution in [3.05, 3.63) is 89.4 Å². The first-order valence-corrected chi connectivity index (χ1v) is 8.52. The van der Waals surface area contributed by atoms with Crippen molar-refractivity contribution in [3.63, 3.8) is 0 Å². The molecule has 0 unspecified atom stereocenters. The summed E-state index contributed by atoms with van der Waals surface area (Å²) in [6, 6.07) is 16.2. The summed E-state index contributed by atoms with van der Waals surface area (Å²) in [6.45, 7) is 4.04. The summed E-state index contributed by atoms with van der Waals surface area (Å²) in [6.07, 6.45) is 4.71. The van der Waals surface area contributed by atoms with Gasteiger partial charge in [0.1, 0.15) is 0 Å². The van der Waals surface area contributed by atoms with Crippen LogP contribution >= 0.6 is 0 Å². The van der Waals surface area contributed by atoms with E-state index in [1.807, 2.05) is 26.0 Å². The van der Waals surface area contributed by atoms with Crippen molar-refractivity contribution < 1.29 is 14.0 Å².